The van der Waals surface area contributed by atoms with Gasteiger partial charge in [-0.25, -0.2) is 4.68 Å². The lowest BCUT2D eigenvalue weighted by atomic mass is 10.1. The van der Waals surface area contributed by atoms with E-state index in [2.05, 4.69) is 5.10 Å². The fourth-order valence-corrected chi connectivity index (χ4v) is 3.36. The third-order valence-electron chi connectivity index (χ3n) is 5.08. The van der Waals surface area contributed by atoms with Gasteiger partial charge in [0.2, 0.25) is 17.5 Å². The number of methoxy groups -OCH3 is 1. The lowest BCUT2D eigenvalue weighted by Crippen LogP contribution is -2.08. The van der Waals surface area contributed by atoms with Crippen LogP contribution in [-0.4, -0.2) is 22.7 Å². The highest BCUT2D eigenvalue weighted by Gasteiger charge is 2.29. The van der Waals surface area contributed by atoms with Gasteiger partial charge >= 0.3 is 0 Å². The minimum Gasteiger partial charge on any atom is -0.497 e. The van der Waals surface area contributed by atoms with Crippen LogP contribution in [0.5, 0.6) is 23.3 Å². The van der Waals surface area contributed by atoms with E-state index in [9.17, 15) is 4.79 Å². The molecule has 168 valence electrons. The molecule has 0 radical (unpaired) electrons. The number of carbonyl (C=O) groups excluding carboxylic acids is 1. The second-order valence-electron chi connectivity index (χ2n) is 7.77. The molecule has 0 saturated heterocycles. The van der Waals surface area contributed by atoms with Crippen molar-refractivity contribution in [1.82, 2.24) is 9.78 Å². The number of aromatic nitrogens is 2. The Bertz CT molecular complexity index is 1200. The summed E-state index contributed by atoms with van der Waals surface area (Å²) in [7, 11) is 1.59. The fourth-order valence-electron chi connectivity index (χ4n) is 3.36. The maximum absolute atomic E-state index is 13.7. The number of hydrogen-bond donors (Lipinski definition) is 0. The molecule has 0 unspecified atom stereocenters. The van der Waals surface area contributed by atoms with Gasteiger partial charge in [-0.1, -0.05) is 48.5 Å². The zero-order valence-corrected chi connectivity index (χ0v) is 18.9. The zero-order chi connectivity index (χ0) is 23.2. The third-order valence-corrected chi connectivity index (χ3v) is 5.08. The molecule has 0 aliphatic carbocycles. The van der Waals surface area contributed by atoms with Crippen molar-refractivity contribution in [2.24, 2.45) is 0 Å². The maximum Gasteiger partial charge on any atom is 0.248 e. The highest BCUT2D eigenvalue weighted by molar-refractivity contribution is 6.12. The number of carbonyl (C=O) groups is 1. The number of nitrogens with zero attached hydrogens (tertiary/aromatic N) is 2. The van der Waals surface area contributed by atoms with Crippen LogP contribution in [0.4, 0.5) is 0 Å². The van der Waals surface area contributed by atoms with E-state index in [0.29, 0.717) is 22.9 Å². The van der Waals surface area contributed by atoms with Crippen molar-refractivity contribution in [3.05, 3.63) is 102 Å². The first kappa shape index (κ1) is 22.1. The molecule has 0 bridgehead atoms. The van der Waals surface area contributed by atoms with Crippen molar-refractivity contribution in [2.45, 2.75) is 26.5 Å². The van der Waals surface area contributed by atoms with Gasteiger partial charge in [-0.15, -0.1) is 5.10 Å². The van der Waals surface area contributed by atoms with E-state index in [0.717, 1.165) is 5.56 Å². The number of hydrogen-bond acceptors (Lipinski definition) is 5. The molecular weight excluding hydrogens is 416 g/mol. The summed E-state index contributed by atoms with van der Waals surface area (Å²) < 4.78 is 19.2. The van der Waals surface area contributed by atoms with Gasteiger partial charge in [0.05, 0.1) is 13.2 Å². The van der Waals surface area contributed by atoms with Crippen LogP contribution in [-0.2, 0) is 6.61 Å². The number of para-hydroxylation sites is 1. The first-order valence-corrected chi connectivity index (χ1v) is 10.8. The monoisotopic (exact) mass is 442 g/mol. The predicted octanol–water partition coefficient (Wildman–Crippen LogP) is 6.07. The Morgan fingerprint density at radius 2 is 1.52 bits per heavy atom. The second kappa shape index (κ2) is 10.0. The maximum atomic E-state index is 13.7. The minimum atomic E-state index is -0.237. The third kappa shape index (κ3) is 5.06. The van der Waals surface area contributed by atoms with Crippen LogP contribution in [0, 0.1) is 0 Å². The second-order valence-corrected chi connectivity index (χ2v) is 7.77. The van der Waals surface area contributed by atoms with Gasteiger partial charge in [0.1, 0.15) is 23.7 Å². The zero-order valence-electron chi connectivity index (χ0n) is 18.9. The summed E-state index contributed by atoms with van der Waals surface area (Å²) in [6.45, 7) is 4.24. The molecule has 6 heteroatoms. The lowest BCUT2D eigenvalue weighted by molar-refractivity contribution is 0.103. The van der Waals surface area contributed by atoms with Gasteiger partial charge in [-0.2, -0.15) is 0 Å². The molecule has 4 rings (SSSR count). The topological polar surface area (TPSA) is 62.6 Å². The highest BCUT2D eigenvalue weighted by Crippen LogP contribution is 2.36. The summed E-state index contributed by atoms with van der Waals surface area (Å²) in [5, 5.41) is 4.63. The van der Waals surface area contributed by atoms with Crippen molar-refractivity contribution in [3.63, 3.8) is 0 Å². The first-order valence-electron chi connectivity index (χ1n) is 10.8. The average Bonchev–Trinajstić information content (AvgIpc) is 3.22. The summed E-state index contributed by atoms with van der Waals surface area (Å²) in [6, 6.07) is 26.0. The Kier molecular flexibility index (Phi) is 6.74. The van der Waals surface area contributed by atoms with Crippen LogP contribution in [0.25, 0.3) is 0 Å². The van der Waals surface area contributed by atoms with E-state index in [1.165, 1.54) is 0 Å². The smallest absolute Gasteiger partial charge is 0.248 e. The molecule has 0 saturated carbocycles. The van der Waals surface area contributed by atoms with E-state index in [1.807, 2.05) is 74.5 Å². The van der Waals surface area contributed by atoms with Crippen LogP contribution >= 0.6 is 0 Å². The van der Waals surface area contributed by atoms with Gasteiger partial charge in [-0.05, 0) is 55.8 Å². The number of ketones is 1. The first-order chi connectivity index (χ1) is 16.1. The summed E-state index contributed by atoms with van der Waals surface area (Å²) in [6.07, 6.45) is 0. The van der Waals surface area contributed by atoms with Crippen molar-refractivity contribution in [3.8, 4) is 23.3 Å². The Morgan fingerprint density at radius 1 is 0.879 bits per heavy atom. The molecule has 1 aromatic heterocycles. The molecule has 3 aromatic carbocycles. The van der Waals surface area contributed by atoms with E-state index < -0.39 is 0 Å². The van der Waals surface area contributed by atoms with Crippen molar-refractivity contribution < 1.29 is 19.0 Å². The van der Waals surface area contributed by atoms with Crippen LogP contribution in [0.15, 0.2) is 84.9 Å². The number of benzene rings is 3. The molecule has 0 fully saturated rings. The van der Waals surface area contributed by atoms with Crippen LogP contribution in [0.3, 0.4) is 0 Å². The predicted molar refractivity (Wildman–Crippen MR) is 126 cm³/mol. The van der Waals surface area contributed by atoms with E-state index in [4.69, 9.17) is 14.2 Å². The molecule has 1 heterocycles. The minimum absolute atomic E-state index is 0.0554. The molecule has 4 aromatic rings. The normalized spacial score (nSPS) is 10.8. The standard InChI is InChI=1S/C27H26N2O4/c1-19(2)29-27(33-23-12-8-5-9-13-23)24(25(30)21-14-16-22(31-3)17-15-21)26(28-29)32-18-20-10-6-4-7-11-20/h4-17,19H,18H2,1-3H3. The highest BCUT2D eigenvalue weighted by atomic mass is 16.5. The molecule has 0 aliphatic rings. The van der Waals surface area contributed by atoms with Gasteiger partial charge in [0.15, 0.2) is 0 Å². The molecule has 0 amide bonds. The van der Waals surface area contributed by atoms with Crippen molar-refractivity contribution in [2.75, 3.05) is 7.11 Å². The van der Waals surface area contributed by atoms with Gasteiger partial charge < -0.3 is 14.2 Å². The van der Waals surface area contributed by atoms with E-state index >= 15 is 0 Å². The number of ether oxygens (including phenoxy) is 3. The molecule has 0 atom stereocenters. The van der Waals surface area contributed by atoms with Gasteiger partial charge in [-0.3, -0.25) is 4.79 Å². The van der Waals surface area contributed by atoms with Gasteiger partial charge in [0, 0.05) is 5.56 Å². The SMILES string of the molecule is COc1ccc(C(=O)c2c(OCc3ccccc3)nn(C(C)C)c2Oc2ccccc2)cc1. The summed E-state index contributed by atoms with van der Waals surface area (Å²) >= 11 is 0. The Labute approximate surface area is 193 Å². The Morgan fingerprint density at radius 3 is 2.12 bits per heavy atom. The molecule has 33 heavy (non-hydrogen) atoms. The van der Waals surface area contributed by atoms with Crippen LogP contribution < -0.4 is 14.2 Å². The van der Waals surface area contributed by atoms with E-state index in [-0.39, 0.29) is 29.9 Å². The Balaban J connectivity index is 1.78. The van der Waals surface area contributed by atoms with Crippen LogP contribution in [0.2, 0.25) is 0 Å². The average molecular weight is 443 g/mol. The van der Waals surface area contributed by atoms with Gasteiger partial charge in [0.25, 0.3) is 0 Å². The molecule has 0 aliphatic heterocycles. The molecule has 0 spiro atoms. The van der Waals surface area contributed by atoms with Crippen molar-refractivity contribution in [1.29, 1.82) is 0 Å². The number of rotatable bonds is 9. The summed E-state index contributed by atoms with van der Waals surface area (Å²) in [5.41, 5.74) is 1.75. The quantitative estimate of drug-likeness (QED) is 0.294. The summed E-state index contributed by atoms with van der Waals surface area (Å²) in [4.78, 5) is 13.7. The Hall–Kier alpha value is -4.06. The van der Waals surface area contributed by atoms with Crippen LogP contribution in [0.1, 0.15) is 41.4 Å². The largest absolute Gasteiger partial charge is 0.497 e. The van der Waals surface area contributed by atoms with E-state index in [1.54, 1.807) is 36.1 Å². The molecular formula is C27H26N2O4. The van der Waals surface area contributed by atoms with Crippen molar-refractivity contribution >= 4 is 5.78 Å². The fraction of sp³-hybridized carbons (Fsp3) is 0.185. The lowest BCUT2D eigenvalue weighted by Gasteiger charge is -2.13. The molecule has 0 N–H and O–H groups in total. The molecule has 6 nitrogen and oxygen atoms in total. The summed E-state index contributed by atoms with van der Waals surface area (Å²) in [5.74, 6) is 1.63.